The summed E-state index contributed by atoms with van der Waals surface area (Å²) in [5.74, 6) is 0.296. The van der Waals surface area contributed by atoms with Crippen LogP contribution in [-0.2, 0) is 4.79 Å². The Bertz CT molecular complexity index is 434. The first-order valence-electron chi connectivity index (χ1n) is 7.41. The summed E-state index contributed by atoms with van der Waals surface area (Å²) in [5, 5.41) is 0. The van der Waals surface area contributed by atoms with E-state index < -0.39 is 0 Å². The monoisotopic (exact) mass is 261 g/mol. The van der Waals surface area contributed by atoms with E-state index >= 15 is 0 Å². The fourth-order valence-electron chi connectivity index (χ4n) is 3.75. The second-order valence-corrected chi connectivity index (χ2v) is 5.97. The highest BCUT2D eigenvalue weighted by Crippen LogP contribution is 2.42. The highest BCUT2D eigenvalue weighted by molar-refractivity contribution is 5.84. The largest absolute Gasteiger partial charge is 0.363 e. The predicted octanol–water partition coefficient (Wildman–Crippen LogP) is 2.20. The molecule has 104 valence electrons. The van der Waals surface area contributed by atoms with Gasteiger partial charge in [0.2, 0.25) is 5.91 Å². The number of amides is 1. The van der Waals surface area contributed by atoms with Crippen LogP contribution in [-0.4, -0.2) is 28.9 Å². The zero-order valence-corrected chi connectivity index (χ0v) is 11.4. The standard InChI is InChI=1S/C15H23N3O/c16-11-15(7-1-2-8-15)14(19)18-10-4-6-13(18)12-5-3-9-17-12/h3,5,9,13,17H,1-2,4,6-8,10-11,16H2. The average molecular weight is 261 g/mol. The maximum Gasteiger partial charge on any atom is 0.230 e. The van der Waals surface area contributed by atoms with Crippen LogP contribution < -0.4 is 5.73 Å². The second-order valence-electron chi connectivity index (χ2n) is 5.97. The summed E-state index contributed by atoms with van der Waals surface area (Å²) in [4.78, 5) is 18.3. The minimum absolute atomic E-state index is 0.228. The molecule has 0 aromatic carbocycles. The fraction of sp³-hybridized carbons (Fsp3) is 0.667. The number of carbonyl (C=O) groups excluding carboxylic acids is 1. The molecule has 3 rings (SSSR count). The molecule has 1 aromatic heterocycles. The third kappa shape index (κ3) is 2.08. The van der Waals surface area contributed by atoms with Gasteiger partial charge >= 0.3 is 0 Å². The van der Waals surface area contributed by atoms with Crippen LogP contribution in [0.25, 0.3) is 0 Å². The molecule has 2 aliphatic rings. The van der Waals surface area contributed by atoms with Gasteiger partial charge in [-0.1, -0.05) is 12.8 Å². The lowest BCUT2D eigenvalue weighted by molar-refractivity contribution is -0.142. The highest BCUT2D eigenvalue weighted by atomic mass is 16.2. The summed E-state index contributed by atoms with van der Waals surface area (Å²) >= 11 is 0. The van der Waals surface area contributed by atoms with Gasteiger partial charge in [0.25, 0.3) is 0 Å². The molecular formula is C15H23N3O. The number of H-pyrrole nitrogens is 1. The van der Waals surface area contributed by atoms with Crippen molar-refractivity contribution in [2.45, 2.75) is 44.6 Å². The Morgan fingerprint density at radius 2 is 2.21 bits per heavy atom. The summed E-state index contributed by atoms with van der Waals surface area (Å²) < 4.78 is 0. The van der Waals surface area contributed by atoms with E-state index in [1.165, 1.54) is 0 Å². The van der Waals surface area contributed by atoms with E-state index in [4.69, 9.17) is 5.73 Å². The smallest absolute Gasteiger partial charge is 0.230 e. The first-order valence-corrected chi connectivity index (χ1v) is 7.41. The topological polar surface area (TPSA) is 62.1 Å². The highest BCUT2D eigenvalue weighted by Gasteiger charge is 2.45. The summed E-state index contributed by atoms with van der Waals surface area (Å²) in [6, 6.07) is 4.32. The van der Waals surface area contributed by atoms with Crippen LogP contribution in [0.3, 0.4) is 0 Å². The van der Waals surface area contributed by atoms with E-state index in [-0.39, 0.29) is 11.5 Å². The maximum absolute atomic E-state index is 12.9. The Labute approximate surface area is 114 Å². The van der Waals surface area contributed by atoms with Gasteiger partial charge in [0.15, 0.2) is 0 Å². The van der Waals surface area contributed by atoms with Gasteiger partial charge in [-0.05, 0) is 37.8 Å². The van der Waals surface area contributed by atoms with Crippen LogP contribution in [0.15, 0.2) is 18.3 Å². The molecule has 1 aliphatic heterocycles. The number of likely N-dealkylation sites (tertiary alicyclic amines) is 1. The van der Waals surface area contributed by atoms with Gasteiger partial charge in [-0.25, -0.2) is 0 Å². The normalized spacial score (nSPS) is 25.9. The molecule has 3 N–H and O–H groups in total. The number of carbonyl (C=O) groups is 1. The van der Waals surface area contributed by atoms with Gasteiger partial charge in [-0.3, -0.25) is 4.79 Å². The van der Waals surface area contributed by atoms with Crippen molar-refractivity contribution in [2.75, 3.05) is 13.1 Å². The van der Waals surface area contributed by atoms with Crippen LogP contribution in [0, 0.1) is 5.41 Å². The molecule has 0 spiro atoms. The number of nitrogens with zero attached hydrogens (tertiary/aromatic N) is 1. The van der Waals surface area contributed by atoms with Gasteiger partial charge in [0.1, 0.15) is 0 Å². The van der Waals surface area contributed by atoms with Crippen molar-refractivity contribution in [1.29, 1.82) is 0 Å². The van der Waals surface area contributed by atoms with Crippen molar-refractivity contribution in [3.63, 3.8) is 0 Å². The summed E-state index contributed by atoms with van der Waals surface area (Å²) in [6.45, 7) is 1.38. The Kier molecular flexibility index (Phi) is 3.35. The SMILES string of the molecule is NCC1(C(=O)N2CCCC2c2ccc[nH]2)CCCC1. The van der Waals surface area contributed by atoms with Crippen LogP contribution in [0.5, 0.6) is 0 Å². The third-order valence-electron chi connectivity index (χ3n) is 4.90. The Balaban J connectivity index is 1.82. The first-order chi connectivity index (χ1) is 9.27. The molecule has 1 aromatic rings. The summed E-state index contributed by atoms with van der Waals surface area (Å²) in [7, 11) is 0. The number of hydrogen-bond donors (Lipinski definition) is 2. The Hall–Kier alpha value is -1.29. The molecule has 2 fully saturated rings. The van der Waals surface area contributed by atoms with Crippen LogP contribution in [0.2, 0.25) is 0 Å². The van der Waals surface area contributed by atoms with Crippen molar-refractivity contribution < 1.29 is 4.79 Å². The van der Waals surface area contributed by atoms with E-state index in [1.807, 2.05) is 12.3 Å². The van der Waals surface area contributed by atoms with Crippen molar-refractivity contribution in [2.24, 2.45) is 11.1 Å². The van der Waals surface area contributed by atoms with Gasteiger partial charge in [0, 0.05) is 25.0 Å². The molecule has 1 atom stereocenters. The van der Waals surface area contributed by atoms with E-state index in [0.717, 1.165) is 50.8 Å². The first kappa shape index (κ1) is 12.7. The van der Waals surface area contributed by atoms with Crippen molar-refractivity contribution in [3.05, 3.63) is 24.0 Å². The molecule has 4 nitrogen and oxygen atoms in total. The molecule has 1 saturated carbocycles. The fourth-order valence-corrected chi connectivity index (χ4v) is 3.75. The zero-order chi connectivity index (χ0) is 13.3. The number of rotatable bonds is 3. The average Bonchev–Trinajstić information content (AvgIpc) is 3.17. The van der Waals surface area contributed by atoms with Crippen molar-refractivity contribution in [1.82, 2.24) is 9.88 Å². The van der Waals surface area contributed by atoms with Gasteiger partial charge in [-0.15, -0.1) is 0 Å². The van der Waals surface area contributed by atoms with E-state index in [9.17, 15) is 4.79 Å². The second kappa shape index (κ2) is 5.00. The number of nitrogens with two attached hydrogens (primary N) is 1. The lowest BCUT2D eigenvalue weighted by Gasteiger charge is -2.34. The minimum atomic E-state index is -0.269. The van der Waals surface area contributed by atoms with Gasteiger partial charge in [0.05, 0.1) is 11.5 Å². The zero-order valence-electron chi connectivity index (χ0n) is 11.4. The molecule has 1 unspecified atom stereocenters. The maximum atomic E-state index is 12.9. The molecule has 1 aliphatic carbocycles. The van der Waals surface area contributed by atoms with E-state index in [0.29, 0.717) is 12.5 Å². The van der Waals surface area contributed by atoms with Gasteiger partial charge in [-0.2, -0.15) is 0 Å². The Morgan fingerprint density at radius 1 is 1.42 bits per heavy atom. The molecule has 0 radical (unpaired) electrons. The minimum Gasteiger partial charge on any atom is -0.363 e. The quantitative estimate of drug-likeness (QED) is 0.876. The third-order valence-corrected chi connectivity index (χ3v) is 4.90. The predicted molar refractivity (Wildman–Crippen MR) is 74.4 cm³/mol. The summed E-state index contributed by atoms with van der Waals surface area (Å²) in [6.07, 6.45) is 8.31. The van der Waals surface area contributed by atoms with Crippen LogP contribution in [0.4, 0.5) is 0 Å². The molecule has 19 heavy (non-hydrogen) atoms. The van der Waals surface area contributed by atoms with E-state index in [2.05, 4.69) is 16.0 Å². The molecule has 1 saturated heterocycles. The molecule has 2 heterocycles. The number of aromatic amines is 1. The summed E-state index contributed by atoms with van der Waals surface area (Å²) in [5.41, 5.74) is 6.84. The number of hydrogen-bond acceptors (Lipinski definition) is 2. The molecule has 0 bridgehead atoms. The lowest BCUT2D eigenvalue weighted by Crippen LogP contribution is -2.46. The Morgan fingerprint density at radius 3 is 2.84 bits per heavy atom. The molecular weight excluding hydrogens is 238 g/mol. The molecule has 4 heteroatoms. The van der Waals surface area contributed by atoms with Gasteiger partial charge < -0.3 is 15.6 Å². The van der Waals surface area contributed by atoms with Crippen LogP contribution >= 0.6 is 0 Å². The number of nitrogens with one attached hydrogen (secondary N) is 1. The van der Waals surface area contributed by atoms with Crippen molar-refractivity contribution >= 4 is 5.91 Å². The van der Waals surface area contributed by atoms with Crippen LogP contribution in [0.1, 0.15) is 50.3 Å². The number of aromatic nitrogens is 1. The van der Waals surface area contributed by atoms with Crippen molar-refractivity contribution in [3.8, 4) is 0 Å². The lowest BCUT2D eigenvalue weighted by atomic mass is 9.84. The molecule has 1 amide bonds. The van der Waals surface area contributed by atoms with E-state index in [1.54, 1.807) is 0 Å².